The van der Waals surface area contributed by atoms with Crippen LogP contribution in [0, 0.1) is 27.7 Å². The first-order valence-corrected chi connectivity index (χ1v) is 28.7. The summed E-state index contributed by atoms with van der Waals surface area (Å²) in [7, 11) is -0.585. The average Bonchev–Trinajstić information content (AvgIpc) is 3.37. The van der Waals surface area contributed by atoms with Crippen LogP contribution < -0.4 is 15.4 Å². The number of nitrogens with zero attached hydrogens (tertiary/aromatic N) is 8. The number of esters is 1. The summed E-state index contributed by atoms with van der Waals surface area (Å²) in [5.74, 6) is 0.646. The van der Waals surface area contributed by atoms with Gasteiger partial charge in [0.15, 0.2) is 0 Å². The van der Waals surface area contributed by atoms with E-state index in [1.807, 2.05) is 34.6 Å². The second-order valence-electron chi connectivity index (χ2n) is 21.4. The molecule has 75 heavy (non-hydrogen) atoms. The molecule has 0 aliphatic carbocycles. The van der Waals surface area contributed by atoms with Crippen molar-refractivity contribution in [2.75, 3.05) is 130 Å². The molecule has 0 atom stereocenters. The summed E-state index contributed by atoms with van der Waals surface area (Å²) in [6, 6.07) is 29.0. The zero-order chi connectivity index (χ0) is 54.4. The van der Waals surface area contributed by atoms with Gasteiger partial charge in [0.25, 0.3) is 0 Å². The minimum absolute atomic E-state index is 0.0831. The molecule has 0 spiro atoms. The van der Waals surface area contributed by atoms with E-state index in [9.17, 15) is 18.0 Å². The average molecular weight is 1050 g/mol. The van der Waals surface area contributed by atoms with E-state index in [0.717, 1.165) is 142 Å². The second kappa shape index (κ2) is 30.8. The number of ketones is 1. The van der Waals surface area contributed by atoms with Gasteiger partial charge >= 0.3 is 5.97 Å². The fourth-order valence-corrected chi connectivity index (χ4v) is 11.5. The Hall–Kier alpha value is -4.78. The van der Waals surface area contributed by atoms with Crippen LogP contribution in [0.25, 0.3) is 0 Å². The number of sulfonamides is 1. The lowest BCUT2D eigenvalue weighted by atomic mass is 10.1. The van der Waals surface area contributed by atoms with Crippen LogP contribution >= 0.6 is 0 Å². The zero-order valence-electron chi connectivity index (χ0n) is 47.1. The normalized spacial score (nSPS) is 16.4. The molecule has 0 unspecified atom stereocenters. The van der Waals surface area contributed by atoms with Crippen molar-refractivity contribution < 1.29 is 27.5 Å². The van der Waals surface area contributed by atoms with Crippen molar-refractivity contribution in [3.63, 3.8) is 0 Å². The molecule has 414 valence electrons. The molecule has 0 radical (unpaired) electrons. The number of carbonyl (C=O) groups is 2. The minimum atomic E-state index is -3.68. The SMILES string of the molecule is CC(C)(C)OC(=O)CCCN1CCN(Cc2ccccc2)CC1.COc1cc(C)c(S(=O)(=O)N(C)CCC(=O)CCCN2CCN(c3cc(C)nc(C)c3)CC2)c(C)c1.NCCN1CCN(Cc2ccccc2)CC1. The predicted molar refractivity (Wildman–Crippen MR) is 304 cm³/mol. The number of aryl methyl sites for hydroxylation is 4. The molecule has 4 heterocycles. The van der Waals surface area contributed by atoms with E-state index in [1.165, 1.54) is 28.2 Å². The van der Waals surface area contributed by atoms with Crippen molar-refractivity contribution in [2.24, 2.45) is 5.73 Å². The summed E-state index contributed by atoms with van der Waals surface area (Å²) in [6.07, 6.45) is 2.88. The third kappa shape index (κ3) is 21.6. The van der Waals surface area contributed by atoms with Crippen LogP contribution in [0.15, 0.2) is 89.8 Å². The van der Waals surface area contributed by atoms with Crippen LogP contribution in [0.4, 0.5) is 5.69 Å². The molecule has 4 aromatic rings. The van der Waals surface area contributed by atoms with Crippen molar-refractivity contribution in [3.05, 3.63) is 119 Å². The van der Waals surface area contributed by atoms with Crippen LogP contribution in [0.1, 0.15) is 86.5 Å². The number of pyridine rings is 1. The summed E-state index contributed by atoms with van der Waals surface area (Å²) in [5.41, 5.74) is 12.6. The van der Waals surface area contributed by atoms with Crippen molar-refractivity contribution in [2.45, 2.75) is 104 Å². The number of ether oxygens (including phenoxy) is 2. The summed E-state index contributed by atoms with van der Waals surface area (Å²) in [4.78, 5) is 43.7. The van der Waals surface area contributed by atoms with Crippen molar-refractivity contribution in [3.8, 4) is 5.75 Å². The molecule has 0 amide bonds. The lowest BCUT2D eigenvalue weighted by molar-refractivity contribution is -0.155. The van der Waals surface area contributed by atoms with Gasteiger partial charge in [-0.25, -0.2) is 12.7 Å². The monoisotopic (exact) mass is 1050 g/mol. The molecule has 7 rings (SSSR count). The van der Waals surface area contributed by atoms with E-state index >= 15 is 0 Å². The van der Waals surface area contributed by atoms with Crippen molar-refractivity contribution in [1.29, 1.82) is 0 Å². The zero-order valence-corrected chi connectivity index (χ0v) is 47.9. The fourth-order valence-electron chi connectivity index (χ4n) is 9.89. The highest BCUT2D eigenvalue weighted by molar-refractivity contribution is 7.89. The number of carbonyl (C=O) groups excluding carboxylic acids is 2. The van der Waals surface area contributed by atoms with E-state index in [0.29, 0.717) is 29.7 Å². The van der Waals surface area contributed by atoms with Gasteiger partial charge in [-0.2, -0.15) is 0 Å². The number of hydrogen-bond acceptors (Lipinski definition) is 14. The van der Waals surface area contributed by atoms with E-state index in [1.54, 1.807) is 33.1 Å². The minimum Gasteiger partial charge on any atom is -0.497 e. The molecule has 0 bridgehead atoms. The molecule has 3 fully saturated rings. The summed E-state index contributed by atoms with van der Waals surface area (Å²) in [5, 5.41) is 0. The number of Topliss-reactive ketones (excluding diaryl/α,β-unsaturated/α-hetero) is 1. The maximum atomic E-state index is 13.1. The number of nitrogens with two attached hydrogens (primary N) is 1. The van der Waals surface area contributed by atoms with Gasteiger partial charge in [-0.3, -0.25) is 34.2 Å². The number of anilines is 1. The number of rotatable bonds is 21. The second-order valence-corrected chi connectivity index (χ2v) is 23.4. The first-order chi connectivity index (χ1) is 35.8. The number of methoxy groups -OCH3 is 1. The van der Waals surface area contributed by atoms with Crippen LogP contribution in [-0.2, 0) is 37.4 Å². The van der Waals surface area contributed by atoms with Gasteiger partial charge in [0.05, 0.1) is 12.0 Å². The van der Waals surface area contributed by atoms with E-state index in [-0.39, 0.29) is 35.2 Å². The largest absolute Gasteiger partial charge is 0.497 e. The Labute approximate surface area is 451 Å². The Morgan fingerprint density at radius 1 is 0.627 bits per heavy atom. The molecule has 1 aromatic heterocycles. The number of hydrogen-bond donors (Lipinski definition) is 1. The number of piperazine rings is 3. The van der Waals surface area contributed by atoms with Gasteiger partial charge in [0.1, 0.15) is 17.1 Å². The maximum Gasteiger partial charge on any atom is 0.306 e. The quantitative estimate of drug-likeness (QED) is 0.0840. The highest BCUT2D eigenvalue weighted by Gasteiger charge is 2.27. The van der Waals surface area contributed by atoms with E-state index in [2.05, 4.69) is 107 Å². The standard InChI is InChI=1S/C27H40N4O4S.C19H30N2O2.C13H21N3/c1-20-16-26(35-6)17-21(2)27(20)36(33,34)29(5)11-9-25(32)8-7-10-30-12-14-31(15-13-30)24-18-22(3)28-23(4)19-24;1-19(2,3)23-18(22)10-7-11-20-12-14-21(15-13-20)16-17-8-5-4-6-9-17;14-6-7-15-8-10-16(11-9-15)12-13-4-2-1-3-5-13/h16-19H,7-15H2,1-6H3;4-6,8-9H,7,10-16H2,1-3H3;1-5H,6-12,14H2. The topological polar surface area (TPSA) is 148 Å². The van der Waals surface area contributed by atoms with Crippen molar-refractivity contribution in [1.82, 2.24) is 33.8 Å². The van der Waals surface area contributed by atoms with E-state index in [4.69, 9.17) is 15.2 Å². The van der Waals surface area contributed by atoms with Gasteiger partial charge < -0.3 is 25.0 Å². The van der Waals surface area contributed by atoms with Crippen LogP contribution in [0.3, 0.4) is 0 Å². The van der Waals surface area contributed by atoms with Gasteiger partial charge in [-0.15, -0.1) is 0 Å². The first-order valence-electron chi connectivity index (χ1n) is 27.3. The smallest absolute Gasteiger partial charge is 0.306 e. The molecular formula is C59H91N9O6S. The Morgan fingerprint density at radius 3 is 1.52 bits per heavy atom. The highest BCUT2D eigenvalue weighted by Crippen LogP contribution is 2.28. The fraction of sp³-hybridized carbons (Fsp3) is 0.576. The Morgan fingerprint density at radius 2 is 1.07 bits per heavy atom. The molecule has 3 saturated heterocycles. The maximum absolute atomic E-state index is 13.1. The molecule has 16 heteroatoms. The third-order valence-electron chi connectivity index (χ3n) is 13.9. The third-order valence-corrected chi connectivity index (χ3v) is 16.1. The van der Waals surface area contributed by atoms with Crippen LogP contribution in [0.2, 0.25) is 0 Å². The lowest BCUT2D eigenvalue weighted by Gasteiger charge is -2.36. The van der Waals surface area contributed by atoms with Crippen molar-refractivity contribution >= 4 is 27.5 Å². The van der Waals surface area contributed by atoms with Gasteiger partial charge in [0, 0.05) is 155 Å². The molecule has 3 aliphatic heterocycles. The summed E-state index contributed by atoms with van der Waals surface area (Å²) < 4.78 is 38.1. The molecule has 0 saturated carbocycles. The van der Waals surface area contributed by atoms with Gasteiger partial charge in [0.2, 0.25) is 10.0 Å². The van der Waals surface area contributed by atoms with Crippen LogP contribution in [-0.4, -0.2) is 185 Å². The van der Waals surface area contributed by atoms with Gasteiger partial charge in [-0.1, -0.05) is 60.7 Å². The predicted octanol–water partition coefficient (Wildman–Crippen LogP) is 7.19. The lowest BCUT2D eigenvalue weighted by Crippen LogP contribution is -2.47. The Balaban J connectivity index is 0.000000227. The number of benzene rings is 3. The molecular weight excluding hydrogens is 963 g/mol. The van der Waals surface area contributed by atoms with E-state index < -0.39 is 10.0 Å². The molecule has 3 aliphatic rings. The molecule has 3 aromatic carbocycles. The molecule has 2 N–H and O–H groups in total. The summed E-state index contributed by atoms with van der Waals surface area (Å²) in [6.45, 7) is 32.2. The highest BCUT2D eigenvalue weighted by atomic mass is 32.2. The summed E-state index contributed by atoms with van der Waals surface area (Å²) >= 11 is 0. The Bertz CT molecular complexity index is 2390. The Kier molecular flexibility index (Phi) is 25.1. The molecule has 15 nitrogen and oxygen atoms in total. The van der Waals surface area contributed by atoms with Gasteiger partial charge in [-0.05, 0) is 121 Å². The number of aromatic nitrogens is 1. The van der Waals surface area contributed by atoms with Crippen LogP contribution in [0.5, 0.6) is 5.75 Å². The first kappa shape index (κ1) is 61.1.